The number of halogens is 2. The van der Waals surface area contributed by atoms with Crippen molar-refractivity contribution >= 4 is 54.7 Å². The first kappa shape index (κ1) is 25.7. The number of ether oxygens (including phenoxy) is 1. The zero-order valence-corrected chi connectivity index (χ0v) is 22.7. The van der Waals surface area contributed by atoms with E-state index in [1.165, 1.54) is 16.8 Å². The van der Waals surface area contributed by atoms with Crippen LogP contribution in [0.1, 0.15) is 43.1 Å². The minimum Gasteiger partial charge on any atom is -0.488 e. The Bertz CT molecular complexity index is 1530. The highest BCUT2D eigenvalue weighted by molar-refractivity contribution is 9.10. The molecule has 1 atom stereocenters. The molecule has 0 unspecified atom stereocenters. The summed E-state index contributed by atoms with van der Waals surface area (Å²) in [6, 6.07) is 17.1. The van der Waals surface area contributed by atoms with Crippen LogP contribution in [0, 0.1) is 10.1 Å². The van der Waals surface area contributed by atoms with Crippen LogP contribution in [0.15, 0.2) is 79.5 Å². The van der Waals surface area contributed by atoms with E-state index in [0.717, 1.165) is 15.4 Å². The van der Waals surface area contributed by atoms with E-state index in [9.17, 15) is 14.9 Å². The van der Waals surface area contributed by atoms with Gasteiger partial charge in [0.05, 0.1) is 22.0 Å². The molecule has 0 saturated heterocycles. The number of nitro benzene ring substituents is 1. The Labute approximate surface area is 224 Å². The minimum absolute atomic E-state index is 0.00100. The van der Waals surface area contributed by atoms with Crippen molar-refractivity contribution in [2.24, 2.45) is 5.10 Å². The van der Waals surface area contributed by atoms with Crippen LogP contribution in [0.5, 0.6) is 5.75 Å². The lowest BCUT2D eigenvalue weighted by atomic mass is 10.1. The van der Waals surface area contributed by atoms with E-state index < -0.39 is 4.92 Å². The van der Waals surface area contributed by atoms with E-state index >= 15 is 0 Å². The van der Waals surface area contributed by atoms with Crippen LogP contribution in [-0.2, 0) is 6.61 Å². The normalized spacial score (nSPS) is 12.2. The summed E-state index contributed by atoms with van der Waals surface area (Å²) in [6.07, 6.45) is 2.35. The van der Waals surface area contributed by atoms with Crippen LogP contribution in [0.4, 0.5) is 5.69 Å². The first-order valence-electron chi connectivity index (χ1n) is 11.2. The molecule has 8 nitrogen and oxygen atoms in total. The second-order valence-electron chi connectivity index (χ2n) is 8.20. The molecule has 0 saturated carbocycles. The third-order valence-corrected chi connectivity index (χ3v) is 6.67. The van der Waals surface area contributed by atoms with Gasteiger partial charge in [0, 0.05) is 32.6 Å². The van der Waals surface area contributed by atoms with Crippen LogP contribution in [0.2, 0.25) is 0 Å². The maximum atomic E-state index is 13.4. The second-order valence-corrected chi connectivity index (χ2v) is 10.0. The first-order valence-corrected chi connectivity index (χ1v) is 12.8. The van der Waals surface area contributed by atoms with Gasteiger partial charge in [-0.25, -0.2) is 4.98 Å². The SMILES string of the molecule is CC[C@H](C)c1nc2ccc(Br)cc2c(=O)n1N=Cc1cc(Br)ccc1OCc1cccc([N+](=O)[O-])c1. The molecule has 184 valence electrons. The summed E-state index contributed by atoms with van der Waals surface area (Å²) in [5.74, 6) is 1.10. The summed E-state index contributed by atoms with van der Waals surface area (Å²) in [5.41, 5.74) is 1.65. The fourth-order valence-electron chi connectivity index (χ4n) is 3.57. The van der Waals surface area contributed by atoms with Crippen LogP contribution in [-0.4, -0.2) is 20.8 Å². The van der Waals surface area contributed by atoms with Gasteiger partial charge >= 0.3 is 0 Å². The van der Waals surface area contributed by atoms with Crippen molar-refractivity contribution in [3.63, 3.8) is 0 Å². The molecule has 36 heavy (non-hydrogen) atoms. The molecule has 0 bridgehead atoms. The van der Waals surface area contributed by atoms with Crippen molar-refractivity contribution in [1.29, 1.82) is 0 Å². The van der Waals surface area contributed by atoms with Crippen molar-refractivity contribution in [2.45, 2.75) is 32.8 Å². The molecule has 0 N–H and O–H groups in total. The van der Waals surface area contributed by atoms with E-state index in [2.05, 4.69) is 37.0 Å². The number of non-ortho nitro benzene ring substituents is 1. The molecule has 0 aliphatic heterocycles. The van der Waals surface area contributed by atoms with E-state index in [1.54, 1.807) is 30.5 Å². The Morgan fingerprint density at radius 3 is 2.64 bits per heavy atom. The highest BCUT2D eigenvalue weighted by Gasteiger charge is 2.16. The fourth-order valence-corrected chi connectivity index (χ4v) is 4.31. The summed E-state index contributed by atoms with van der Waals surface area (Å²) in [4.78, 5) is 28.7. The molecule has 3 aromatic carbocycles. The highest BCUT2D eigenvalue weighted by atomic mass is 79.9. The standard InChI is InChI=1S/C26H22Br2N4O4/c1-3-16(2)25-30-23-9-7-20(28)13-22(23)26(33)31(25)29-14-18-12-19(27)8-10-24(18)36-15-17-5-4-6-21(11-17)32(34)35/h4-14,16H,3,15H2,1-2H3/t16-/m0/s1. The van der Waals surface area contributed by atoms with Gasteiger partial charge in [-0.05, 0) is 48.4 Å². The second kappa shape index (κ2) is 11.1. The largest absolute Gasteiger partial charge is 0.488 e. The van der Waals surface area contributed by atoms with Crippen molar-refractivity contribution < 1.29 is 9.66 Å². The Kier molecular flexibility index (Phi) is 7.95. The lowest BCUT2D eigenvalue weighted by Gasteiger charge is -2.14. The minimum atomic E-state index is -0.441. The average molecular weight is 614 g/mol. The average Bonchev–Trinajstić information content (AvgIpc) is 2.87. The number of hydrogen-bond acceptors (Lipinski definition) is 6. The van der Waals surface area contributed by atoms with Gasteiger partial charge in [-0.3, -0.25) is 14.9 Å². The maximum absolute atomic E-state index is 13.4. The molecule has 0 fully saturated rings. The van der Waals surface area contributed by atoms with Crippen molar-refractivity contribution in [3.8, 4) is 5.75 Å². The van der Waals surface area contributed by atoms with Crippen LogP contribution >= 0.6 is 31.9 Å². The van der Waals surface area contributed by atoms with Crippen LogP contribution < -0.4 is 10.3 Å². The van der Waals surface area contributed by atoms with Crippen molar-refractivity contribution in [3.05, 3.63) is 107 Å². The van der Waals surface area contributed by atoms with Gasteiger partial charge in [0.1, 0.15) is 18.2 Å². The third-order valence-electron chi connectivity index (χ3n) is 5.69. The van der Waals surface area contributed by atoms with Gasteiger partial charge in [0.2, 0.25) is 0 Å². The zero-order chi connectivity index (χ0) is 25.8. The predicted molar refractivity (Wildman–Crippen MR) is 147 cm³/mol. The Morgan fingerprint density at radius 2 is 1.89 bits per heavy atom. The van der Waals surface area contributed by atoms with E-state index in [1.807, 2.05) is 38.1 Å². The van der Waals surface area contributed by atoms with Crippen molar-refractivity contribution in [1.82, 2.24) is 9.66 Å². The highest BCUT2D eigenvalue weighted by Crippen LogP contribution is 2.25. The van der Waals surface area contributed by atoms with Gasteiger partial charge in [0.15, 0.2) is 0 Å². The number of fused-ring (bicyclic) bond motifs is 1. The van der Waals surface area contributed by atoms with E-state index in [4.69, 9.17) is 9.72 Å². The molecule has 0 aliphatic rings. The number of rotatable bonds is 8. The van der Waals surface area contributed by atoms with Gasteiger partial charge in [-0.2, -0.15) is 9.78 Å². The lowest BCUT2D eigenvalue weighted by Crippen LogP contribution is -2.23. The molecule has 0 aliphatic carbocycles. The summed E-state index contributed by atoms with van der Waals surface area (Å²) < 4.78 is 8.90. The summed E-state index contributed by atoms with van der Waals surface area (Å²) in [6.45, 7) is 4.17. The molecule has 0 spiro atoms. The fraction of sp³-hybridized carbons (Fsp3) is 0.192. The van der Waals surface area contributed by atoms with Gasteiger partial charge in [-0.15, -0.1) is 0 Å². The first-order chi connectivity index (χ1) is 17.3. The van der Waals surface area contributed by atoms with Gasteiger partial charge in [-0.1, -0.05) is 57.8 Å². The van der Waals surface area contributed by atoms with E-state index in [0.29, 0.717) is 33.6 Å². The number of nitro groups is 1. The lowest BCUT2D eigenvalue weighted by molar-refractivity contribution is -0.384. The maximum Gasteiger partial charge on any atom is 0.282 e. The van der Waals surface area contributed by atoms with Crippen molar-refractivity contribution in [2.75, 3.05) is 0 Å². The number of benzene rings is 3. The summed E-state index contributed by atoms with van der Waals surface area (Å²) >= 11 is 6.89. The smallest absolute Gasteiger partial charge is 0.282 e. The van der Waals surface area contributed by atoms with Crippen LogP contribution in [0.3, 0.4) is 0 Å². The Balaban J connectivity index is 1.72. The molecule has 1 aromatic heterocycles. The molecular formula is C26H22Br2N4O4. The molecule has 0 radical (unpaired) electrons. The Morgan fingerprint density at radius 1 is 1.14 bits per heavy atom. The zero-order valence-electron chi connectivity index (χ0n) is 19.5. The quantitative estimate of drug-likeness (QED) is 0.124. The summed E-state index contributed by atoms with van der Waals surface area (Å²) in [7, 11) is 0. The molecule has 0 amide bonds. The number of hydrogen-bond donors (Lipinski definition) is 0. The Hall–Kier alpha value is -3.37. The molecule has 4 aromatic rings. The van der Waals surface area contributed by atoms with Crippen LogP contribution in [0.25, 0.3) is 10.9 Å². The third kappa shape index (κ3) is 5.71. The predicted octanol–water partition coefficient (Wildman–Crippen LogP) is 6.80. The monoisotopic (exact) mass is 612 g/mol. The van der Waals surface area contributed by atoms with Gasteiger partial charge in [0.25, 0.3) is 11.2 Å². The summed E-state index contributed by atoms with van der Waals surface area (Å²) in [5, 5.41) is 16.1. The molecule has 10 heteroatoms. The van der Waals surface area contributed by atoms with Gasteiger partial charge < -0.3 is 4.74 Å². The molecular weight excluding hydrogens is 592 g/mol. The topological polar surface area (TPSA) is 99.6 Å². The number of aromatic nitrogens is 2. The number of nitrogens with zero attached hydrogens (tertiary/aromatic N) is 4. The molecule has 1 heterocycles. The molecule has 4 rings (SSSR count). The van der Waals surface area contributed by atoms with E-state index in [-0.39, 0.29) is 23.8 Å².